The van der Waals surface area contributed by atoms with Crippen molar-refractivity contribution in [1.29, 1.82) is 0 Å². The highest BCUT2D eigenvalue weighted by atomic mass is 79.9. The van der Waals surface area contributed by atoms with E-state index < -0.39 is 0 Å². The molecule has 0 radical (unpaired) electrons. The number of fused-ring (bicyclic) bond motifs is 1. The van der Waals surface area contributed by atoms with Gasteiger partial charge in [0.05, 0.1) is 11.1 Å². The first kappa shape index (κ1) is 18.3. The van der Waals surface area contributed by atoms with Crippen LogP contribution in [-0.4, -0.2) is 21.5 Å². The molecule has 2 aromatic carbocycles. The molecule has 0 aliphatic carbocycles. The Morgan fingerprint density at radius 1 is 1.11 bits per heavy atom. The van der Waals surface area contributed by atoms with E-state index in [0.717, 1.165) is 30.8 Å². The number of aromatic nitrogens is 2. The summed E-state index contributed by atoms with van der Waals surface area (Å²) in [5.41, 5.74) is 4.18. The van der Waals surface area contributed by atoms with Crippen LogP contribution < -0.4 is 0 Å². The zero-order valence-electron chi connectivity index (χ0n) is 14.5. The molecule has 27 heavy (non-hydrogen) atoms. The van der Waals surface area contributed by atoms with E-state index in [-0.39, 0.29) is 5.78 Å². The van der Waals surface area contributed by atoms with E-state index in [1.54, 1.807) is 17.7 Å². The van der Waals surface area contributed by atoms with Crippen LogP contribution in [0.3, 0.4) is 0 Å². The lowest BCUT2D eigenvalue weighted by atomic mass is 10.1. The Kier molecular flexibility index (Phi) is 5.38. The molecule has 6 heteroatoms. The fourth-order valence-corrected chi connectivity index (χ4v) is 5.18. The summed E-state index contributed by atoms with van der Waals surface area (Å²) in [5, 5.41) is 3.98. The molecular weight excluding hydrogens is 440 g/mol. The quantitative estimate of drug-likeness (QED) is 0.198. The van der Waals surface area contributed by atoms with Crippen LogP contribution in [0.5, 0.6) is 0 Å². The third kappa shape index (κ3) is 3.83. The van der Waals surface area contributed by atoms with Crippen molar-refractivity contribution in [1.82, 2.24) is 9.97 Å². The molecule has 134 valence electrons. The molecule has 2 aromatic heterocycles. The number of benzene rings is 2. The highest BCUT2D eigenvalue weighted by Crippen LogP contribution is 2.38. The second kappa shape index (κ2) is 7.92. The van der Waals surface area contributed by atoms with E-state index in [0.29, 0.717) is 11.3 Å². The molecule has 0 aliphatic rings. The van der Waals surface area contributed by atoms with E-state index in [1.807, 2.05) is 24.3 Å². The average molecular weight is 455 g/mol. The van der Waals surface area contributed by atoms with Crippen LogP contribution in [0.1, 0.15) is 15.9 Å². The van der Waals surface area contributed by atoms with Crippen LogP contribution in [0.25, 0.3) is 21.3 Å². The summed E-state index contributed by atoms with van der Waals surface area (Å²) >= 11 is 6.52. The molecule has 0 bridgehead atoms. The maximum Gasteiger partial charge on any atom is 0.174 e. The second-order valence-electron chi connectivity index (χ2n) is 6.07. The number of nitrogens with zero attached hydrogens (tertiary/aromatic N) is 2. The van der Waals surface area contributed by atoms with Crippen molar-refractivity contribution < 1.29 is 4.79 Å². The minimum atomic E-state index is 0.0753. The van der Waals surface area contributed by atoms with Gasteiger partial charge in [-0.15, -0.1) is 11.3 Å². The minimum absolute atomic E-state index is 0.0753. The Labute approximate surface area is 174 Å². The molecule has 0 amide bonds. The molecule has 0 spiro atoms. The summed E-state index contributed by atoms with van der Waals surface area (Å²) in [6, 6.07) is 15.9. The Hall–Kier alpha value is -2.02. The Morgan fingerprint density at radius 3 is 2.67 bits per heavy atom. The van der Waals surface area contributed by atoms with Gasteiger partial charge in [-0.1, -0.05) is 75.7 Å². The smallest absolute Gasteiger partial charge is 0.174 e. The topological polar surface area (TPSA) is 42.9 Å². The van der Waals surface area contributed by atoms with Gasteiger partial charge in [0.15, 0.2) is 5.78 Å². The van der Waals surface area contributed by atoms with Crippen LogP contribution in [-0.2, 0) is 0 Å². The largest absolute Gasteiger partial charge is 0.293 e. The van der Waals surface area contributed by atoms with Crippen molar-refractivity contribution in [2.45, 2.75) is 11.9 Å². The Bertz CT molecular complexity index is 1120. The Balaban J connectivity index is 1.66. The number of thiophene rings is 1. The molecule has 0 N–H and O–H groups in total. The monoisotopic (exact) mass is 454 g/mol. The molecule has 0 saturated heterocycles. The van der Waals surface area contributed by atoms with Crippen molar-refractivity contribution in [3.63, 3.8) is 0 Å². The molecule has 0 unspecified atom stereocenters. The van der Waals surface area contributed by atoms with Crippen LogP contribution in [0.4, 0.5) is 0 Å². The Morgan fingerprint density at radius 2 is 1.89 bits per heavy atom. The molecule has 0 aliphatic heterocycles. The first-order valence-electron chi connectivity index (χ1n) is 8.33. The van der Waals surface area contributed by atoms with Gasteiger partial charge in [-0.3, -0.25) is 4.79 Å². The number of aryl methyl sites for hydroxylation is 1. The highest BCUT2D eigenvalue weighted by Gasteiger charge is 2.16. The second-order valence-corrected chi connectivity index (χ2v) is 8.74. The van der Waals surface area contributed by atoms with Gasteiger partial charge in [0.1, 0.15) is 16.2 Å². The molecular formula is C21H15BrN2OS2. The molecule has 2 heterocycles. The van der Waals surface area contributed by atoms with Crippen molar-refractivity contribution in [2.75, 3.05) is 5.75 Å². The first-order valence-corrected chi connectivity index (χ1v) is 11.0. The summed E-state index contributed by atoms with van der Waals surface area (Å²) < 4.78 is 0.819. The van der Waals surface area contributed by atoms with Crippen LogP contribution in [0.2, 0.25) is 0 Å². The molecule has 0 fully saturated rings. The third-order valence-corrected chi connectivity index (χ3v) is 6.78. The number of rotatable bonds is 5. The number of carbonyl (C=O) groups is 1. The van der Waals surface area contributed by atoms with Gasteiger partial charge in [0.2, 0.25) is 0 Å². The van der Waals surface area contributed by atoms with Gasteiger partial charge in [-0.25, -0.2) is 9.97 Å². The van der Waals surface area contributed by atoms with E-state index in [1.165, 1.54) is 17.3 Å². The lowest BCUT2D eigenvalue weighted by molar-refractivity contribution is 0.102. The van der Waals surface area contributed by atoms with Crippen molar-refractivity contribution >= 4 is 55.0 Å². The van der Waals surface area contributed by atoms with Gasteiger partial charge in [0.25, 0.3) is 0 Å². The lowest BCUT2D eigenvalue weighted by Gasteiger charge is -2.06. The fourth-order valence-electron chi connectivity index (χ4n) is 2.80. The number of ketones is 1. The maximum absolute atomic E-state index is 12.6. The summed E-state index contributed by atoms with van der Waals surface area (Å²) in [6.07, 6.45) is 1.57. The van der Waals surface area contributed by atoms with Gasteiger partial charge in [-0.2, -0.15) is 0 Å². The van der Waals surface area contributed by atoms with E-state index >= 15 is 0 Å². The number of hydrogen-bond acceptors (Lipinski definition) is 5. The maximum atomic E-state index is 12.6. The fraction of sp³-hybridized carbons (Fsp3) is 0.0952. The van der Waals surface area contributed by atoms with Gasteiger partial charge < -0.3 is 0 Å². The lowest BCUT2D eigenvalue weighted by Crippen LogP contribution is -2.03. The van der Waals surface area contributed by atoms with Crippen LogP contribution in [0, 0.1) is 6.92 Å². The number of halogens is 1. The van der Waals surface area contributed by atoms with Crippen LogP contribution >= 0.6 is 39.0 Å². The van der Waals surface area contributed by atoms with E-state index in [9.17, 15) is 4.79 Å². The highest BCUT2D eigenvalue weighted by molar-refractivity contribution is 9.10. The third-order valence-electron chi connectivity index (χ3n) is 4.21. The number of Topliss-reactive ketones (excluding diaryl/α,β-unsaturated/α-hetero) is 1. The number of hydrogen-bond donors (Lipinski definition) is 0. The van der Waals surface area contributed by atoms with Gasteiger partial charge in [-0.05, 0) is 18.6 Å². The SMILES string of the molecule is Cc1ccc(-c2csc3ncnc(SCC(=O)c4ccccc4Br)c23)cc1. The van der Waals surface area contributed by atoms with Gasteiger partial charge in [0, 0.05) is 21.0 Å². The molecule has 0 saturated carbocycles. The van der Waals surface area contributed by atoms with Crippen molar-refractivity contribution in [3.05, 3.63) is 75.8 Å². The first-order chi connectivity index (χ1) is 13.1. The predicted molar refractivity (Wildman–Crippen MR) is 117 cm³/mol. The van der Waals surface area contributed by atoms with E-state index in [2.05, 4.69) is 62.5 Å². The zero-order chi connectivity index (χ0) is 18.8. The molecule has 3 nitrogen and oxygen atoms in total. The minimum Gasteiger partial charge on any atom is -0.293 e. The van der Waals surface area contributed by atoms with Crippen molar-refractivity contribution in [2.24, 2.45) is 0 Å². The summed E-state index contributed by atoms with van der Waals surface area (Å²) in [5.74, 6) is 0.407. The molecule has 4 rings (SSSR count). The summed E-state index contributed by atoms with van der Waals surface area (Å²) in [7, 11) is 0. The van der Waals surface area contributed by atoms with Crippen LogP contribution in [0.15, 0.2) is 69.7 Å². The number of carbonyl (C=O) groups excluding carboxylic acids is 1. The van der Waals surface area contributed by atoms with E-state index in [4.69, 9.17) is 0 Å². The zero-order valence-corrected chi connectivity index (χ0v) is 17.7. The standard InChI is InChI=1S/C21H15BrN2OS2/c1-13-6-8-14(9-7-13)16-10-26-20-19(16)21(24-12-23-20)27-11-18(25)15-4-2-3-5-17(15)22/h2-10,12H,11H2,1H3. The predicted octanol–water partition coefficient (Wildman–Crippen LogP) is 6.40. The molecule has 4 aromatic rings. The normalized spacial score (nSPS) is 11.0. The van der Waals surface area contributed by atoms with Gasteiger partial charge >= 0.3 is 0 Å². The van der Waals surface area contributed by atoms with Crippen molar-refractivity contribution in [3.8, 4) is 11.1 Å². The molecule has 0 atom stereocenters. The summed E-state index contributed by atoms with van der Waals surface area (Å²) in [6.45, 7) is 2.08. The summed E-state index contributed by atoms with van der Waals surface area (Å²) in [4.78, 5) is 22.4. The average Bonchev–Trinajstić information content (AvgIpc) is 3.12. The number of thioether (sulfide) groups is 1.